The lowest BCUT2D eigenvalue weighted by Gasteiger charge is -1.91. The van der Waals surface area contributed by atoms with E-state index in [-0.39, 0.29) is 0 Å². The van der Waals surface area contributed by atoms with Gasteiger partial charge in [0.2, 0.25) is 5.13 Å². The predicted octanol–water partition coefficient (Wildman–Crippen LogP) is 2.93. The maximum Gasteiger partial charge on any atom is 0.203 e. The van der Waals surface area contributed by atoms with Crippen molar-refractivity contribution in [3.8, 4) is 0 Å². The van der Waals surface area contributed by atoms with Crippen molar-refractivity contribution in [2.24, 2.45) is 0 Å². The molecule has 0 spiro atoms. The minimum absolute atomic E-state index is 0.523. The molecule has 82 valence electrons. The minimum atomic E-state index is 0.523. The molecule has 16 heavy (non-hydrogen) atoms. The molecule has 1 aromatic heterocycles. The number of nitrogens with two attached hydrogens (primary N) is 1. The maximum absolute atomic E-state index is 5.49. The lowest BCUT2D eigenvalue weighted by molar-refractivity contribution is 1.02. The van der Waals surface area contributed by atoms with Gasteiger partial charge in [-0.3, -0.25) is 0 Å². The molecule has 0 radical (unpaired) electrons. The third kappa shape index (κ3) is 3.36. The molecular weight excluding hydrogens is 238 g/mol. The van der Waals surface area contributed by atoms with Gasteiger partial charge in [0, 0.05) is 5.75 Å². The number of nitrogen functional groups attached to an aromatic ring is 1. The second-order valence-corrected chi connectivity index (χ2v) is 5.31. The number of hydrogen-bond acceptors (Lipinski definition) is 5. The van der Waals surface area contributed by atoms with Crippen LogP contribution in [0, 0.1) is 0 Å². The number of benzene rings is 1. The fourth-order valence-corrected chi connectivity index (χ4v) is 2.62. The summed E-state index contributed by atoms with van der Waals surface area (Å²) in [6.07, 6.45) is 4.20. The highest BCUT2D eigenvalue weighted by Gasteiger charge is 1.98. The topological polar surface area (TPSA) is 51.8 Å². The summed E-state index contributed by atoms with van der Waals surface area (Å²) in [6, 6.07) is 10.2. The van der Waals surface area contributed by atoms with Crippen LogP contribution in [0.4, 0.5) is 5.13 Å². The van der Waals surface area contributed by atoms with E-state index in [1.165, 1.54) is 16.9 Å². The molecule has 0 amide bonds. The molecule has 0 atom stereocenters. The van der Waals surface area contributed by atoms with E-state index in [0.29, 0.717) is 5.13 Å². The van der Waals surface area contributed by atoms with Crippen molar-refractivity contribution in [1.29, 1.82) is 0 Å². The molecular formula is C11H11N3S2. The first-order chi connectivity index (χ1) is 7.84. The van der Waals surface area contributed by atoms with Crippen LogP contribution >= 0.6 is 23.1 Å². The van der Waals surface area contributed by atoms with Crippen LogP contribution in [-0.4, -0.2) is 16.0 Å². The quantitative estimate of drug-likeness (QED) is 0.846. The molecule has 0 saturated carbocycles. The molecule has 1 aromatic carbocycles. The van der Waals surface area contributed by atoms with Gasteiger partial charge in [0.1, 0.15) is 0 Å². The Morgan fingerprint density at radius 1 is 1.25 bits per heavy atom. The fraction of sp³-hybridized carbons (Fsp3) is 0.0909. The first-order valence-electron chi connectivity index (χ1n) is 4.78. The summed E-state index contributed by atoms with van der Waals surface area (Å²) < 4.78 is 0.912. The number of anilines is 1. The summed E-state index contributed by atoms with van der Waals surface area (Å²) in [5.74, 6) is 0.878. The molecule has 0 aliphatic heterocycles. The van der Waals surface area contributed by atoms with Crippen LogP contribution < -0.4 is 5.73 Å². The van der Waals surface area contributed by atoms with Crippen LogP contribution in [0.3, 0.4) is 0 Å². The highest BCUT2D eigenvalue weighted by molar-refractivity contribution is 8.01. The van der Waals surface area contributed by atoms with Gasteiger partial charge in [-0.1, -0.05) is 65.6 Å². The zero-order valence-corrected chi connectivity index (χ0v) is 10.2. The first kappa shape index (κ1) is 11.2. The number of rotatable bonds is 4. The lowest BCUT2D eigenvalue weighted by Crippen LogP contribution is -1.79. The summed E-state index contributed by atoms with van der Waals surface area (Å²) in [7, 11) is 0. The minimum Gasteiger partial charge on any atom is -0.374 e. The van der Waals surface area contributed by atoms with Crippen LogP contribution in [0.2, 0.25) is 0 Å². The summed E-state index contributed by atoms with van der Waals surface area (Å²) >= 11 is 3.06. The van der Waals surface area contributed by atoms with Crippen molar-refractivity contribution in [3.63, 3.8) is 0 Å². The van der Waals surface area contributed by atoms with E-state index >= 15 is 0 Å². The Morgan fingerprint density at radius 3 is 2.75 bits per heavy atom. The van der Waals surface area contributed by atoms with Gasteiger partial charge in [0.25, 0.3) is 0 Å². The highest BCUT2D eigenvalue weighted by atomic mass is 32.2. The molecule has 3 nitrogen and oxygen atoms in total. The van der Waals surface area contributed by atoms with Crippen LogP contribution in [0.25, 0.3) is 6.08 Å². The largest absolute Gasteiger partial charge is 0.374 e. The molecule has 5 heteroatoms. The van der Waals surface area contributed by atoms with E-state index in [0.717, 1.165) is 10.1 Å². The monoisotopic (exact) mass is 249 g/mol. The Morgan fingerprint density at radius 2 is 2.06 bits per heavy atom. The summed E-state index contributed by atoms with van der Waals surface area (Å²) in [5.41, 5.74) is 6.70. The van der Waals surface area contributed by atoms with Crippen molar-refractivity contribution < 1.29 is 0 Å². The van der Waals surface area contributed by atoms with E-state index in [4.69, 9.17) is 5.73 Å². The lowest BCUT2D eigenvalue weighted by atomic mass is 10.2. The van der Waals surface area contributed by atoms with E-state index in [2.05, 4.69) is 34.5 Å². The normalized spacial score (nSPS) is 11.0. The molecule has 2 N–H and O–H groups in total. The third-order valence-corrected chi connectivity index (χ3v) is 3.67. The predicted molar refractivity (Wildman–Crippen MR) is 70.5 cm³/mol. The van der Waals surface area contributed by atoms with Crippen molar-refractivity contribution in [2.75, 3.05) is 11.5 Å². The SMILES string of the molecule is Nc1nnc(SC/C=C/c2ccccc2)s1. The molecule has 0 aliphatic rings. The van der Waals surface area contributed by atoms with Gasteiger partial charge < -0.3 is 5.73 Å². The highest BCUT2D eigenvalue weighted by Crippen LogP contribution is 2.23. The average Bonchev–Trinajstić information content (AvgIpc) is 2.72. The van der Waals surface area contributed by atoms with Crippen LogP contribution in [0.15, 0.2) is 40.7 Å². The van der Waals surface area contributed by atoms with Gasteiger partial charge in [-0.2, -0.15) is 0 Å². The third-order valence-electron chi connectivity index (χ3n) is 1.83. The molecule has 0 unspecified atom stereocenters. The van der Waals surface area contributed by atoms with Gasteiger partial charge >= 0.3 is 0 Å². The van der Waals surface area contributed by atoms with Crippen molar-refractivity contribution >= 4 is 34.3 Å². The molecule has 0 fully saturated rings. The number of aromatic nitrogens is 2. The molecule has 1 heterocycles. The summed E-state index contributed by atoms with van der Waals surface area (Å²) in [4.78, 5) is 0. The first-order valence-corrected chi connectivity index (χ1v) is 6.58. The van der Waals surface area contributed by atoms with Crippen LogP contribution in [-0.2, 0) is 0 Å². The van der Waals surface area contributed by atoms with E-state index in [1.54, 1.807) is 11.8 Å². The van der Waals surface area contributed by atoms with Crippen LogP contribution in [0.5, 0.6) is 0 Å². The van der Waals surface area contributed by atoms with Gasteiger partial charge in [0.05, 0.1) is 0 Å². The zero-order valence-electron chi connectivity index (χ0n) is 8.54. The molecule has 0 saturated heterocycles. The number of nitrogens with zero attached hydrogens (tertiary/aromatic N) is 2. The van der Waals surface area contributed by atoms with Crippen molar-refractivity contribution in [2.45, 2.75) is 4.34 Å². The Bertz CT molecular complexity index is 465. The second-order valence-electron chi connectivity index (χ2n) is 3.03. The Balaban J connectivity index is 1.82. The van der Waals surface area contributed by atoms with Gasteiger partial charge in [0.15, 0.2) is 4.34 Å². The zero-order chi connectivity index (χ0) is 11.2. The fourth-order valence-electron chi connectivity index (χ4n) is 1.15. The molecule has 2 rings (SSSR count). The Kier molecular flexibility index (Phi) is 3.96. The molecule has 0 bridgehead atoms. The number of thioether (sulfide) groups is 1. The van der Waals surface area contributed by atoms with E-state index < -0.39 is 0 Å². The summed E-state index contributed by atoms with van der Waals surface area (Å²) in [5, 5.41) is 8.21. The smallest absolute Gasteiger partial charge is 0.203 e. The maximum atomic E-state index is 5.49. The summed E-state index contributed by atoms with van der Waals surface area (Å²) in [6.45, 7) is 0. The molecule has 0 aliphatic carbocycles. The van der Waals surface area contributed by atoms with Gasteiger partial charge in [-0.05, 0) is 5.56 Å². The Hall–Kier alpha value is -1.33. The van der Waals surface area contributed by atoms with Crippen molar-refractivity contribution in [3.05, 3.63) is 42.0 Å². The van der Waals surface area contributed by atoms with Crippen LogP contribution in [0.1, 0.15) is 5.56 Å². The van der Waals surface area contributed by atoms with Gasteiger partial charge in [-0.15, -0.1) is 10.2 Å². The average molecular weight is 249 g/mol. The van der Waals surface area contributed by atoms with E-state index in [1.807, 2.05) is 18.2 Å². The second kappa shape index (κ2) is 5.67. The van der Waals surface area contributed by atoms with Gasteiger partial charge in [-0.25, -0.2) is 0 Å². The standard InChI is InChI=1S/C11H11N3S2/c12-10-13-14-11(16-10)15-8-4-7-9-5-2-1-3-6-9/h1-7H,8H2,(H2,12,13)/b7-4+. The van der Waals surface area contributed by atoms with E-state index in [9.17, 15) is 0 Å². The molecule has 2 aromatic rings. The Labute approximate surface area is 102 Å². The van der Waals surface area contributed by atoms with Crippen molar-refractivity contribution in [1.82, 2.24) is 10.2 Å². The number of hydrogen-bond donors (Lipinski definition) is 1.